The quantitative estimate of drug-likeness (QED) is 0.816. The van der Waals surface area contributed by atoms with Gasteiger partial charge in [0.25, 0.3) is 0 Å². The molecule has 2 aliphatic heterocycles. The average molecular weight is 376 g/mol. The van der Waals surface area contributed by atoms with E-state index in [1.807, 2.05) is 17.0 Å². The summed E-state index contributed by atoms with van der Waals surface area (Å²) in [5.74, 6) is -0.0626. The van der Waals surface area contributed by atoms with Gasteiger partial charge in [0.05, 0.1) is 5.92 Å². The summed E-state index contributed by atoms with van der Waals surface area (Å²) in [4.78, 5) is 31.5. The van der Waals surface area contributed by atoms with Gasteiger partial charge in [0, 0.05) is 55.9 Å². The van der Waals surface area contributed by atoms with Crippen LogP contribution in [0.3, 0.4) is 0 Å². The normalized spacial score (nSPS) is 25.3. The van der Waals surface area contributed by atoms with Crippen molar-refractivity contribution >= 4 is 29.1 Å². The first kappa shape index (κ1) is 17.8. The molecule has 0 N–H and O–H groups in total. The van der Waals surface area contributed by atoms with E-state index in [0.717, 1.165) is 37.9 Å². The van der Waals surface area contributed by atoms with Crippen LogP contribution in [0.25, 0.3) is 0 Å². The summed E-state index contributed by atoms with van der Waals surface area (Å²) in [6, 6.07) is 7.96. The summed E-state index contributed by atoms with van der Waals surface area (Å²) in [6.45, 7) is 4.00. The summed E-state index contributed by atoms with van der Waals surface area (Å²) in [5.41, 5.74) is 0.820. The molecule has 1 aliphatic carbocycles. The number of anilines is 1. The molecule has 0 spiro atoms. The number of hydrogen-bond donors (Lipinski definition) is 0. The Kier molecular flexibility index (Phi) is 5.18. The molecule has 26 heavy (non-hydrogen) atoms. The molecule has 4 rings (SSSR count). The van der Waals surface area contributed by atoms with Crippen LogP contribution in [0.2, 0.25) is 5.02 Å². The fraction of sp³-hybridized carbons (Fsp3) is 0.600. The third-order valence-corrected chi connectivity index (χ3v) is 6.33. The fourth-order valence-electron chi connectivity index (χ4n) is 4.58. The van der Waals surface area contributed by atoms with Crippen molar-refractivity contribution in [1.82, 2.24) is 9.80 Å². The molecule has 1 saturated carbocycles. The second kappa shape index (κ2) is 7.57. The maximum Gasteiger partial charge on any atom is 0.228 e. The van der Waals surface area contributed by atoms with Crippen molar-refractivity contribution < 1.29 is 9.59 Å². The number of halogens is 1. The maximum atomic E-state index is 12.9. The van der Waals surface area contributed by atoms with E-state index >= 15 is 0 Å². The van der Waals surface area contributed by atoms with E-state index in [-0.39, 0.29) is 17.7 Å². The van der Waals surface area contributed by atoms with Crippen molar-refractivity contribution in [3.05, 3.63) is 29.3 Å². The predicted octanol–water partition coefficient (Wildman–Crippen LogP) is 2.78. The zero-order chi connectivity index (χ0) is 18.1. The Morgan fingerprint density at radius 1 is 1.00 bits per heavy atom. The molecule has 2 saturated heterocycles. The van der Waals surface area contributed by atoms with E-state index in [1.54, 1.807) is 17.0 Å². The molecule has 0 bridgehead atoms. The summed E-state index contributed by atoms with van der Waals surface area (Å²) < 4.78 is 0. The molecular formula is C20H26ClN3O2. The van der Waals surface area contributed by atoms with E-state index in [2.05, 4.69) is 4.90 Å². The molecule has 1 atom stereocenters. The first-order chi connectivity index (χ1) is 12.6. The number of benzene rings is 1. The molecule has 1 aromatic carbocycles. The Balaban J connectivity index is 1.34. The van der Waals surface area contributed by atoms with Gasteiger partial charge in [-0.15, -0.1) is 0 Å². The van der Waals surface area contributed by atoms with Gasteiger partial charge in [-0.2, -0.15) is 0 Å². The van der Waals surface area contributed by atoms with Crippen LogP contribution in [0.4, 0.5) is 5.69 Å². The number of carbonyl (C=O) groups excluding carboxylic acids is 2. The number of carbonyl (C=O) groups is 2. The third-order valence-electron chi connectivity index (χ3n) is 6.08. The molecule has 6 heteroatoms. The number of amides is 2. The standard InChI is InChI=1S/C20H26ClN3O2/c21-16-5-7-18(8-6-16)24-14-15(13-19(24)25)20(26)23-11-9-22(10-12-23)17-3-1-2-4-17/h5-8,15,17H,1-4,9-14H2. The van der Waals surface area contributed by atoms with E-state index in [0.29, 0.717) is 18.0 Å². The van der Waals surface area contributed by atoms with Crippen molar-refractivity contribution in [2.24, 2.45) is 5.92 Å². The van der Waals surface area contributed by atoms with Crippen molar-refractivity contribution in [1.29, 1.82) is 0 Å². The smallest absolute Gasteiger partial charge is 0.228 e. The number of piperazine rings is 1. The van der Waals surface area contributed by atoms with Crippen LogP contribution in [0.1, 0.15) is 32.1 Å². The van der Waals surface area contributed by atoms with Crippen LogP contribution in [-0.4, -0.2) is 60.4 Å². The van der Waals surface area contributed by atoms with Gasteiger partial charge in [-0.05, 0) is 37.1 Å². The lowest BCUT2D eigenvalue weighted by atomic mass is 10.1. The largest absolute Gasteiger partial charge is 0.340 e. The number of hydrogen-bond acceptors (Lipinski definition) is 3. The first-order valence-corrected chi connectivity index (χ1v) is 10.1. The molecule has 2 amide bonds. The van der Waals surface area contributed by atoms with Gasteiger partial charge in [-0.3, -0.25) is 14.5 Å². The molecule has 3 aliphatic rings. The van der Waals surface area contributed by atoms with Gasteiger partial charge in [-0.1, -0.05) is 24.4 Å². The second-order valence-corrected chi connectivity index (χ2v) is 8.12. The molecular weight excluding hydrogens is 350 g/mol. The third kappa shape index (κ3) is 3.60. The van der Waals surface area contributed by atoms with Crippen LogP contribution in [0.15, 0.2) is 24.3 Å². The summed E-state index contributed by atoms with van der Waals surface area (Å²) >= 11 is 5.93. The molecule has 1 unspecified atom stereocenters. The zero-order valence-electron chi connectivity index (χ0n) is 15.1. The Morgan fingerprint density at radius 2 is 1.65 bits per heavy atom. The van der Waals surface area contributed by atoms with Gasteiger partial charge in [0.2, 0.25) is 11.8 Å². The highest BCUT2D eigenvalue weighted by atomic mass is 35.5. The minimum atomic E-state index is -0.226. The summed E-state index contributed by atoms with van der Waals surface area (Å²) in [6.07, 6.45) is 5.61. The van der Waals surface area contributed by atoms with Gasteiger partial charge in [0.1, 0.15) is 0 Å². The Labute approximate surface area is 159 Å². The molecule has 1 aromatic rings. The van der Waals surface area contributed by atoms with Gasteiger partial charge in [0.15, 0.2) is 0 Å². The molecule has 2 heterocycles. The molecule has 0 radical (unpaired) electrons. The van der Waals surface area contributed by atoms with Crippen molar-refractivity contribution in [3.8, 4) is 0 Å². The Bertz CT molecular complexity index is 664. The average Bonchev–Trinajstić information content (AvgIpc) is 3.32. The highest BCUT2D eigenvalue weighted by molar-refractivity contribution is 6.30. The monoisotopic (exact) mass is 375 g/mol. The van der Waals surface area contributed by atoms with Crippen LogP contribution in [0.5, 0.6) is 0 Å². The van der Waals surface area contributed by atoms with E-state index in [4.69, 9.17) is 11.6 Å². The first-order valence-electron chi connectivity index (χ1n) is 9.70. The molecule has 5 nitrogen and oxygen atoms in total. The Morgan fingerprint density at radius 3 is 2.31 bits per heavy atom. The Hall–Kier alpha value is -1.59. The van der Waals surface area contributed by atoms with Crippen molar-refractivity contribution in [3.63, 3.8) is 0 Å². The zero-order valence-corrected chi connectivity index (χ0v) is 15.8. The lowest BCUT2D eigenvalue weighted by Crippen LogP contribution is -2.52. The van der Waals surface area contributed by atoms with E-state index in [1.165, 1.54) is 25.7 Å². The van der Waals surface area contributed by atoms with Crippen LogP contribution < -0.4 is 4.90 Å². The lowest BCUT2D eigenvalue weighted by Gasteiger charge is -2.38. The summed E-state index contributed by atoms with van der Waals surface area (Å²) in [7, 11) is 0. The molecule has 140 valence electrons. The van der Waals surface area contributed by atoms with E-state index in [9.17, 15) is 9.59 Å². The minimum absolute atomic E-state index is 0.0234. The topological polar surface area (TPSA) is 43.9 Å². The van der Waals surface area contributed by atoms with Gasteiger partial charge in [-0.25, -0.2) is 0 Å². The molecule has 3 fully saturated rings. The van der Waals surface area contributed by atoms with E-state index < -0.39 is 0 Å². The molecule has 0 aromatic heterocycles. The highest BCUT2D eigenvalue weighted by Gasteiger charge is 2.38. The maximum absolute atomic E-state index is 12.9. The number of nitrogens with zero attached hydrogens (tertiary/aromatic N) is 3. The minimum Gasteiger partial charge on any atom is -0.340 e. The lowest BCUT2D eigenvalue weighted by molar-refractivity contribution is -0.137. The highest BCUT2D eigenvalue weighted by Crippen LogP contribution is 2.28. The van der Waals surface area contributed by atoms with Crippen molar-refractivity contribution in [2.75, 3.05) is 37.6 Å². The number of rotatable bonds is 3. The predicted molar refractivity (Wildman–Crippen MR) is 102 cm³/mol. The van der Waals surface area contributed by atoms with Crippen LogP contribution >= 0.6 is 11.6 Å². The van der Waals surface area contributed by atoms with Crippen molar-refractivity contribution in [2.45, 2.75) is 38.1 Å². The fourth-order valence-corrected chi connectivity index (χ4v) is 4.70. The van der Waals surface area contributed by atoms with Crippen LogP contribution in [-0.2, 0) is 9.59 Å². The summed E-state index contributed by atoms with van der Waals surface area (Å²) in [5, 5.41) is 0.646. The second-order valence-electron chi connectivity index (χ2n) is 7.68. The SMILES string of the molecule is O=C(C1CC(=O)N(c2ccc(Cl)cc2)C1)N1CCN(C2CCCC2)CC1. The van der Waals surface area contributed by atoms with Gasteiger partial charge < -0.3 is 9.80 Å². The van der Waals surface area contributed by atoms with Crippen LogP contribution in [0, 0.1) is 5.92 Å². The van der Waals surface area contributed by atoms with Gasteiger partial charge >= 0.3 is 0 Å².